The molecule has 2 aromatic carbocycles. The van der Waals surface area contributed by atoms with E-state index in [4.69, 9.17) is 14.7 Å². The number of amides is 2. The molecule has 0 aromatic heterocycles. The van der Waals surface area contributed by atoms with Gasteiger partial charge in [0.15, 0.2) is 6.79 Å². The summed E-state index contributed by atoms with van der Waals surface area (Å²) in [6, 6.07) is 7.47. The van der Waals surface area contributed by atoms with Crippen molar-refractivity contribution in [1.82, 2.24) is 5.32 Å². The van der Waals surface area contributed by atoms with Gasteiger partial charge in [0.25, 0.3) is 0 Å². The average molecular weight is 359 g/mol. The molecule has 0 bridgehead atoms. The largest absolute Gasteiger partial charge is 0.467 e. The highest BCUT2D eigenvalue weighted by molar-refractivity contribution is 5.90. The van der Waals surface area contributed by atoms with Gasteiger partial charge in [0.1, 0.15) is 23.5 Å². The van der Waals surface area contributed by atoms with E-state index in [0.29, 0.717) is 23.3 Å². The molecule has 6 nitrogen and oxygen atoms in total. The number of nitrogens with one attached hydrogen (secondary N) is 2. The lowest BCUT2D eigenvalue weighted by Crippen LogP contribution is -2.31. The molecule has 8 heteroatoms. The van der Waals surface area contributed by atoms with Crippen LogP contribution in [0.1, 0.15) is 16.7 Å². The van der Waals surface area contributed by atoms with Crippen LogP contribution >= 0.6 is 0 Å². The summed E-state index contributed by atoms with van der Waals surface area (Å²) in [7, 11) is 0. The van der Waals surface area contributed by atoms with Gasteiger partial charge >= 0.3 is 6.03 Å². The minimum absolute atomic E-state index is 0.0211. The first-order valence-corrected chi connectivity index (χ1v) is 7.83. The lowest BCUT2D eigenvalue weighted by atomic mass is 10.1. The number of anilines is 1. The third-order valence-corrected chi connectivity index (χ3v) is 3.78. The molecule has 0 unspecified atom stereocenters. The molecule has 0 fully saturated rings. The zero-order chi connectivity index (χ0) is 18.5. The predicted molar refractivity (Wildman–Crippen MR) is 88.5 cm³/mol. The molecule has 134 valence electrons. The van der Waals surface area contributed by atoms with Crippen LogP contribution in [0.25, 0.3) is 0 Å². The maximum absolute atomic E-state index is 13.7. The second-order valence-corrected chi connectivity index (χ2v) is 5.60. The lowest BCUT2D eigenvalue weighted by molar-refractivity contribution is -0.0172. The van der Waals surface area contributed by atoms with Crippen molar-refractivity contribution in [1.29, 1.82) is 5.26 Å². The zero-order valence-electron chi connectivity index (χ0n) is 13.6. The molecule has 1 aliphatic heterocycles. The number of rotatable bonds is 4. The molecule has 2 amide bonds. The van der Waals surface area contributed by atoms with Crippen molar-refractivity contribution in [2.75, 3.05) is 18.7 Å². The summed E-state index contributed by atoms with van der Waals surface area (Å²) < 4.78 is 37.3. The number of nitrogens with zero attached hydrogens (tertiary/aromatic N) is 1. The van der Waals surface area contributed by atoms with Crippen LogP contribution in [0, 0.1) is 23.0 Å². The van der Waals surface area contributed by atoms with Crippen LogP contribution < -0.4 is 15.4 Å². The van der Waals surface area contributed by atoms with Gasteiger partial charge in [-0.15, -0.1) is 0 Å². The lowest BCUT2D eigenvalue weighted by Gasteiger charge is -2.21. The number of halogens is 2. The fourth-order valence-electron chi connectivity index (χ4n) is 2.64. The first-order valence-electron chi connectivity index (χ1n) is 7.83. The van der Waals surface area contributed by atoms with Gasteiger partial charge in [0, 0.05) is 12.1 Å². The molecule has 1 aliphatic rings. The first-order chi connectivity index (χ1) is 12.6. The maximum Gasteiger partial charge on any atom is 0.319 e. The number of fused-ring (bicyclic) bond motifs is 1. The van der Waals surface area contributed by atoms with E-state index in [1.54, 1.807) is 0 Å². The number of urea groups is 1. The Morgan fingerprint density at radius 1 is 1.23 bits per heavy atom. The van der Waals surface area contributed by atoms with Gasteiger partial charge < -0.3 is 20.1 Å². The molecule has 0 aliphatic carbocycles. The van der Waals surface area contributed by atoms with E-state index in [1.807, 2.05) is 6.07 Å². The molecule has 2 N–H and O–H groups in total. The predicted octanol–water partition coefficient (Wildman–Crippen LogP) is 3.07. The Bertz CT molecular complexity index is 881. The fraction of sp³-hybridized carbons (Fsp3) is 0.222. The second-order valence-electron chi connectivity index (χ2n) is 5.60. The van der Waals surface area contributed by atoms with Crippen LogP contribution in [0.2, 0.25) is 0 Å². The average Bonchev–Trinajstić information content (AvgIpc) is 2.63. The summed E-state index contributed by atoms with van der Waals surface area (Å²) >= 11 is 0. The zero-order valence-corrected chi connectivity index (χ0v) is 13.6. The van der Waals surface area contributed by atoms with Gasteiger partial charge in [-0.05, 0) is 42.3 Å². The highest BCUT2D eigenvalue weighted by atomic mass is 19.1. The van der Waals surface area contributed by atoms with E-state index in [2.05, 4.69) is 10.6 Å². The monoisotopic (exact) mass is 359 g/mol. The van der Waals surface area contributed by atoms with Crippen LogP contribution in [0.4, 0.5) is 19.3 Å². The molecule has 1 heterocycles. The standard InChI is InChI=1S/C18H15F2N3O3/c19-14-1-2-16(12(6-14)8-21)23-18(24)22-4-3-11-5-15(20)7-13-9-25-10-26-17(11)13/h1-2,5-7H,3-4,9-10H2,(H2,22,23,24). The Morgan fingerprint density at radius 3 is 2.88 bits per heavy atom. The van der Waals surface area contributed by atoms with E-state index in [1.165, 1.54) is 18.2 Å². The molecule has 0 radical (unpaired) electrons. The molecule has 26 heavy (non-hydrogen) atoms. The van der Waals surface area contributed by atoms with Gasteiger partial charge in [0.05, 0.1) is 17.9 Å². The molecule has 0 saturated heterocycles. The Kier molecular flexibility index (Phi) is 5.29. The van der Waals surface area contributed by atoms with Crippen molar-refractivity contribution in [2.24, 2.45) is 0 Å². The Labute approximate surface area is 148 Å². The quantitative estimate of drug-likeness (QED) is 0.879. The van der Waals surface area contributed by atoms with Gasteiger partial charge in [-0.25, -0.2) is 13.6 Å². The Balaban J connectivity index is 1.60. The maximum atomic E-state index is 13.7. The topological polar surface area (TPSA) is 83.4 Å². The first kappa shape index (κ1) is 17.6. The number of hydrogen-bond acceptors (Lipinski definition) is 4. The van der Waals surface area contributed by atoms with Crippen LogP contribution in [-0.2, 0) is 17.8 Å². The van der Waals surface area contributed by atoms with Crippen molar-refractivity contribution >= 4 is 11.7 Å². The third kappa shape index (κ3) is 4.07. The van der Waals surface area contributed by atoms with E-state index >= 15 is 0 Å². The Hall–Kier alpha value is -3.18. The summed E-state index contributed by atoms with van der Waals surface area (Å²) in [6.45, 7) is 0.589. The number of nitriles is 1. The second kappa shape index (κ2) is 7.80. The van der Waals surface area contributed by atoms with Crippen LogP contribution in [0.5, 0.6) is 5.75 Å². The van der Waals surface area contributed by atoms with Crippen molar-refractivity contribution in [3.05, 3.63) is 58.7 Å². The van der Waals surface area contributed by atoms with Crippen molar-refractivity contribution in [2.45, 2.75) is 13.0 Å². The van der Waals surface area contributed by atoms with Crippen LogP contribution in [0.3, 0.4) is 0 Å². The number of hydrogen-bond donors (Lipinski definition) is 2. The highest BCUT2D eigenvalue weighted by Gasteiger charge is 2.17. The molecular weight excluding hydrogens is 344 g/mol. The van der Waals surface area contributed by atoms with E-state index in [-0.39, 0.29) is 31.2 Å². The number of carbonyl (C=O) groups excluding carboxylic acids is 1. The van der Waals surface area contributed by atoms with Crippen molar-refractivity contribution < 1.29 is 23.0 Å². The summed E-state index contributed by atoms with van der Waals surface area (Å²) in [5, 5.41) is 14.1. The summed E-state index contributed by atoms with van der Waals surface area (Å²) in [4.78, 5) is 12.0. The SMILES string of the molecule is N#Cc1cc(F)ccc1NC(=O)NCCc1cc(F)cc2c1OCOC2. The normalized spacial score (nSPS) is 12.5. The molecular formula is C18H15F2N3O3. The summed E-state index contributed by atoms with van der Waals surface area (Å²) in [6.07, 6.45) is 0.349. The molecule has 3 rings (SSSR count). The molecule has 0 atom stereocenters. The van der Waals surface area contributed by atoms with Gasteiger partial charge in [-0.3, -0.25) is 0 Å². The number of benzene rings is 2. The molecule has 0 saturated carbocycles. The highest BCUT2D eigenvalue weighted by Crippen LogP contribution is 2.29. The van der Waals surface area contributed by atoms with Gasteiger partial charge in [0.2, 0.25) is 0 Å². The van der Waals surface area contributed by atoms with Crippen LogP contribution in [-0.4, -0.2) is 19.4 Å². The van der Waals surface area contributed by atoms with Crippen LogP contribution in [0.15, 0.2) is 30.3 Å². The van der Waals surface area contributed by atoms with E-state index in [9.17, 15) is 13.6 Å². The van der Waals surface area contributed by atoms with Crippen molar-refractivity contribution in [3.8, 4) is 11.8 Å². The minimum Gasteiger partial charge on any atom is -0.467 e. The fourth-order valence-corrected chi connectivity index (χ4v) is 2.64. The number of carbonyl (C=O) groups is 1. The number of ether oxygens (including phenoxy) is 2. The van der Waals surface area contributed by atoms with E-state index in [0.717, 1.165) is 12.1 Å². The summed E-state index contributed by atoms with van der Waals surface area (Å²) in [5.74, 6) is -0.389. The molecule has 2 aromatic rings. The van der Waals surface area contributed by atoms with Crippen molar-refractivity contribution in [3.63, 3.8) is 0 Å². The minimum atomic E-state index is -0.563. The van der Waals surface area contributed by atoms with Gasteiger partial charge in [-0.1, -0.05) is 0 Å². The Morgan fingerprint density at radius 2 is 2.08 bits per heavy atom. The van der Waals surface area contributed by atoms with Gasteiger partial charge in [-0.2, -0.15) is 5.26 Å². The summed E-state index contributed by atoms with van der Waals surface area (Å²) in [5.41, 5.74) is 1.48. The third-order valence-electron chi connectivity index (χ3n) is 3.78. The molecule has 0 spiro atoms. The van der Waals surface area contributed by atoms with E-state index < -0.39 is 17.7 Å². The smallest absolute Gasteiger partial charge is 0.319 e.